The summed E-state index contributed by atoms with van der Waals surface area (Å²) in [5, 5.41) is 3.49. The van der Waals surface area contributed by atoms with E-state index in [0.29, 0.717) is 17.1 Å². The molecular formula is C30H36ClN3O4S. The van der Waals surface area contributed by atoms with Gasteiger partial charge in [-0.05, 0) is 55.2 Å². The highest BCUT2D eigenvalue weighted by Gasteiger charge is 2.33. The molecule has 9 heteroatoms. The molecule has 7 nitrogen and oxygen atoms in total. The summed E-state index contributed by atoms with van der Waals surface area (Å²) in [7, 11) is -3.81. The van der Waals surface area contributed by atoms with Gasteiger partial charge in [0, 0.05) is 24.0 Å². The highest BCUT2D eigenvalue weighted by molar-refractivity contribution is 7.92. The fourth-order valence-electron chi connectivity index (χ4n) is 4.37. The van der Waals surface area contributed by atoms with Crippen LogP contribution in [0.2, 0.25) is 5.02 Å². The monoisotopic (exact) mass is 569 g/mol. The van der Waals surface area contributed by atoms with Gasteiger partial charge in [-0.2, -0.15) is 0 Å². The number of sulfonamides is 1. The van der Waals surface area contributed by atoms with Crippen LogP contribution in [0.3, 0.4) is 0 Å². The summed E-state index contributed by atoms with van der Waals surface area (Å²) in [5.41, 5.74) is 2.90. The molecule has 0 aliphatic rings. The van der Waals surface area contributed by atoms with Crippen LogP contribution in [-0.2, 0) is 39.0 Å². The summed E-state index contributed by atoms with van der Waals surface area (Å²) in [4.78, 5) is 29.1. The SMILES string of the molecule is CCc1ccccc1N(CC(=O)N(Cc1ccc(Cl)cc1)[C@H](Cc1ccccc1)C(=O)NC(C)C)S(C)(=O)=O. The van der Waals surface area contributed by atoms with E-state index in [9.17, 15) is 18.0 Å². The number of carbonyl (C=O) groups is 2. The van der Waals surface area contributed by atoms with E-state index in [1.165, 1.54) is 4.90 Å². The van der Waals surface area contributed by atoms with E-state index in [0.717, 1.165) is 27.3 Å². The minimum Gasteiger partial charge on any atom is -0.352 e. The minimum absolute atomic E-state index is 0.103. The highest BCUT2D eigenvalue weighted by Crippen LogP contribution is 2.25. The van der Waals surface area contributed by atoms with Crippen LogP contribution >= 0.6 is 11.6 Å². The number of halogens is 1. The number of carbonyl (C=O) groups excluding carboxylic acids is 2. The zero-order chi connectivity index (χ0) is 28.6. The molecule has 208 valence electrons. The summed E-state index contributed by atoms with van der Waals surface area (Å²) in [6.45, 7) is 5.31. The predicted molar refractivity (Wildman–Crippen MR) is 157 cm³/mol. The molecule has 39 heavy (non-hydrogen) atoms. The predicted octanol–water partition coefficient (Wildman–Crippen LogP) is 4.83. The molecule has 0 spiro atoms. The Hall–Kier alpha value is -3.36. The summed E-state index contributed by atoms with van der Waals surface area (Å²) >= 11 is 6.09. The number of rotatable bonds is 12. The van der Waals surface area contributed by atoms with Crippen molar-refractivity contribution < 1.29 is 18.0 Å². The average Bonchev–Trinajstić information content (AvgIpc) is 2.89. The van der Waals surface area contributed by atoms with E-state index in [1.807, 2.05) is 63.2 Å². The number of aryl methyl sites for hydroxylation is 1. The van der Waals surface area contributed by atoms with Gasteiger partial charge < -0.3 is 10.2 Å². The van der Waals surface area contributed by atoms with Crippen molar-refractivity contribution in [2.75, 3.05) is 17.1 Å². The molecule has 3 aromatic carbocycles. The third-order valence-corrected chi connectivity index (χ3v) is 7.67. The Morgan fingerprint density at radius 1 is 0.897 bits per heavy atom. The van der Waals surface area contributed by atoms with Crippen LogP contribution in [0.1, 0.15) is 37.5 Å². The van der Waals surface area contributed by atoms with Gasteiger partial charge in [-0.25, -0.2) is 8.42 Å². The molecule has 2 amide bonds. The Morgan fingerprint density at radius 2 is 1.51 bits per heavy atom. The van der Waals surface area contributed by atoms with Gasteiger partial charge in [0.25, 0.3) is 0 Å². The Labute approximate surface area is 236 Å². The molecule has 1 atom stereocenters. The van der Waals surface area contributed by atoms with Crippen molar-refractivity contribution in [2.45, 2.75) is 52.2 Å². The summed E-state index contributed by atoms with van der Waals surface area (Å²) in [6.07, 6.45) is 1.95. The normalized spacial score (nSPS) is 12.2. The van der Waals surface area contributed by atoms with Gasteiger partial charge in [0.2, 0.25) is 21.8 Å². The lowest BCUT2D eigenvalue weighted by atomic mass is 10.0. The number of nitrogens with zero attached hydrogens (tertiary/aromatic N) is 2. The molecule has 0 unspecified atom stereocenters. The average molecular weight is 570 g/mol. The van der Waals surface area contributed by atoms with Gasteiger partial charge in [0.15, 0.2) is 0 Å². The van der Waals surface area contributed by atoms with Gasteiger partial charge in [0.1, 0.15) is 12.6 Å². The molecule has 0 heterocycles. The first-order chi connectivity index (χ1) is 18.5. The molecule has 3 aromatic rings. The van der Waals surface area contributed by atoms with Crippen LogP contribution in [0.5, 0.6) is 0 Å². The fourth-order valence-corrected chi connectivity index (χ4v) is 5.38. The lowest BCUT2D eigenvalue weighted by molar-refractivity contribution is -0.140. The van der Waals surface area contributed by atoms with E-state index >= 15 is 0 Å². The van der Waals surface area contributed by atoms with Crippen LogP contribution in [0.25, 0.3) is 0 Å². The van der Waals surface area contributed by atoms with Gasteiger partial charge in [0.05, 0.1) is 11.9 Å². The second-order valence-corrected chi connectivity index (χ2v) is 12.1. The van der Waals surface area contributed by atoms with Crippen LogP contribution in [0.4, 0.5) is 5.69 Å². The first-order valence-corrected chi connectivity index (χ1v) is 15.2. The maximum atomic E-state index is 14.1. The maximum Gasteiger partial charge on any atom is 0.244 e. The summed E-state index contributed by atoms with van der Waals surface area (Å²) in [5.74, 6) is -0.794. The third kappa shape index (κ3) is 8.57. The lowest BCUT2D eigenvalue weighted by Gasteiger charge is -2.34. The fraction of sp³-hybridized carbons (Fsp3) is 0.333. The van der Waals surface area contributed by atoms with Crippen molar-refractivity contribution in [3.8, 4) is 0 Å². The number of hydrogen-bond acceptors (Lipinski definition) is 4. The van der Waals surface area contributed by atoms with Gasteiger partial charge in [-0.15, -0.1) is 0 Å². The van der Waals surface area contributed by atoms with Gasteiger partial charge in [-0.1, -0.05) is 79.2 Å². The molecule has 0 saturated heterocycles. The van der Waals surface area contributed by atoms with Gasteiger partial charge in [-0.3, -0.25) is 13.9 Å². The Morgan fingerprint density at radius 3 is 2.10 bits per heavy atom. The maximum absolute atomic E-state index is 14.1. The highest BCUT2D eigenvalue weighted by atomic mass is 35.5. The van der Waals surface area contributed by atoms with E-state index in [1.54, 1.807) is 36.4 Å². The van der Waals surface area contributed by atoms with E-state index in [4.69, 9.17) is 11.6 Å². The molecule has 0 radical (unpaired) electrons. The summed E-state index contributed by atoms with van der Waals surface area (Å²) in [6, 6.07) is 22.6. The molecule has 0 aliphatic heterocycles. The van der Waals surface area contributed by atoms with E-state index in [2.05, 4.69) is 5.32 Å². The number of nitrogens with one attached hydrogen (secondary N) is 1. The minimum atomic E-state index is -3.81. The van der Waals surface area contributed by atoms with Crippen LogP contribution in [0.15, 0.2) is 78.9 Å². The van der Waals surface area contributed by atoms with Gasteiger partial charge >= 0.3 is 0 Å². The second-order valence-electron chi connectivity index (χ2n) is 9.77. The van der Waals surface area contributed by atoms with Crippen LogP contribution in [0, 0.1) is 0 Å². The molecule has 0 saturated carbocycles. The van der Waals surface area contributed by atoms with Crippen LogP contribution in [-0.4, -0.2) is 50.0 Å². The van der Waals surface area contributed by atoms with Crippen LogP contribution < -0.4 is 9.62 Å². The molecule has 1 N–H and O–H groups in total. The molecular weight excluding hydrogens is 534 g/mol. The lowest BCUT2D eigenvalue weighted by Crippen LogP contribution is -2.54. The van der Waals surface area contributed by atoms with Crippen molar-refractivity contribution in [1.82, 2.24) is 10.2 Å². The Balaban J connectivity index is 2.07. The van der Waals surface area contributed by atoms with E-state index in [-0.39, 0.29) is 24.9 Å². The largest absolute Gasteiger partial charge is 0.352 e. The quantitative estimate of drug-likeness (QED) is 0.338. The zero-order valence-electron chi connectivity index (χ0n) is 22.8. The first kappa shape index (κ1) is 30.2. The molecule has 3 rings (SSSR count). The molecule has 0 aliphatic carbocycles. The van der Waals surface area contributed by atoms with Crippen molar-refractivity contribution in [2.24, 2.45) is 0 Å². The van der Waals surface area contributed by atoms with Crippen molar-refractivity contribution in [3.05, 3.63) is 101 Å². The first-order valence-electron chi connectivity index (χ1n) is 12.9. The standard InChI is InChI=1S/C30H36ClN3O4S/c1-5-25-13-9-10-14-27(25)34(39(4,37)38)21-29(35)33(20-24-15-17-26(31)18-16-24)28(30(36)32-22(2)3)19-23-11-7-6-8-12-23/h6-18,22,28H,5,19-21H2,1-4H3,(H,32,36)/t28-/m1/s1. The number of amides is 2. The second kappa shape index (κ2) is 13.6. The topological polar surface area (TPSA) is 86.8 Å². The number of hydrogen-bond donors (Lipinski definition) is 1. The van der Waals surface area contributed by atoms with E-state index < -0.39 is 28.5 Å². The van der Waals surface area contributed by atoms with Crippen molar-refractivity contribution in [3.63, 3.8) is 0 Å². The number of para-hydroxylation sites is 1. The summed E-state index contributed by atoms with van der Waals surface area (Å²) < 4.78 is 27.0. The zero-order valence-corrected chi connectivity index (χ0v) is 24.4. The number of benzene rings is 3. The van der Waals surface area contributed by atoms with Crippen molar-refractivity contribution >= 4 is 39.1 Å². The molecule has 0 fully saturated rings. The Bertz CT molecular complexity index is 1360. The number of anilines is 1. The smallest absolute Gasteiger partial charge is 0.244 e. The Kier molecular flexibility index (Phi) is 10.5. The van der Waals surface area contributed by atoms with Crippen molar-refractivity contribution in [1.29, 1.82) is 0 Å². The molecule has 0 bridgehead atoms. The molecule has 0 aromatic heterocycles. The third-order valence-electron chi connectivity index (χ3n) is 6.29.